The second kappa shape index (κ2) is 9.00. The predicted octanol–water partition coefficient (Wildman–Crippen LogP) is 3.60. The highest BCUT2D eigenvalue weighted by atomic mass is 32.2. The molecule has 0 bridgehead atoms. The van der Waals surface area contributed by atoms with Crippen molar-refractivity contribution < 1.29 is 18.9 Å². The van der Waals surface area contributed by atoms with E-state index in [0.717, 1.165) is 17.3 Å². The molecule has 10 heteroatoms. The number of nitrogens with one attached hydrogen (secondary N) is 1. The summed E-state index contributed by atoms with van der Waals surface area (Å²) in [6.07, 6.45) is 0. The maximum atomic E-state index is 12.0. The summed E-state index contributed by atoms with van der Waals surface area (Å²) in [5.74, 6) is 0.756. The number of non-ortho nitro benzene ring substituents is 1. The third-order valence-corrected chi connectivity index (χ3v) is 4.34. The van der Waals surface area contributed by atoms with Crippen LogP contribution in [0.3, 0.4) is 0 Å². The Morgan fingerprint density at radius 3 is 2.57 bits per heavy atom. The summed E-state index contributed by atoms with van der Waals surface area (Å²) >= 11 is 1.08. The molecule has 0 atom stereocenters. The fraction of sp³-hybridized carbons (Fsp3) is 0.167. The number of aryl methyl sites for hydroxylation is 1. The first-order valence-corrected chi connectivity index (χ1v) is 9.17. The monoisotopic (exact) mass is 400 g/mol. The molecule has 0 radical (unpaired) electrons. The first-order valence-electron chi connectivity index (χ1n) is 8.18. The molecule has 1 aromatic heterocycles. The Morgan fingerprint density at radius 2 is 1.89 bits per heavy atom. The molecule has 0 spiro atoms. The Kier molecular flexibility index (Phi) is 6.22. The summed E-state index contributed by atoms with van der Waals surface area (Å²) in [5.41, 5.74) is 1.56. The summed E-state index contributed by atoms with van der Waals surface area (Å²) < 4.78 is 11.0. The Labute approximate surface area is 164 Å². The van der Waals surface area contributed by atoms with E-state index in [1.165, 1.54) is 24.3 Å². The fourth-order valence-corrected chi connectivity index (χ4v) is 2.71. The van der Waals surface area contributed by atoms with Gasteiger partial charge in [-0.1, -0.05) is 29.5 Å². The maximum Gasteiger partial charge on any atom is 0.277 e. The third-order valence-electron chi connectivity index (χ3n) is 3.52. The van der Waals surface area contributed by atoms with Gasteiger partial charge in [0, 0.05) is 17.8 Å². The number of nitro benzene ring substituents is 1. The molecule has 9 nitrogen and oxygen atoms in total. The summed E-state index contributed by atoms with van der Waals surface area (Å²) in [7, 11) is 0. The summed E-state index contributed by atoms with van der Waals surface area (Å²) in [6.45, 7) is 2.12. The number of nitro groups is 1. The zero-order chi connectivity index (χ0) is 19.9. The van der Waals surface area contributed by atoms with Crippen LogP contribution in [0.25, 0.3) is 0 Å². The number of thioether (sulfide) groups is 1. The van der Waals surface area contributed by atoms with Gasteiger partial charge in [0.05, 0.1) is 10.7 Å². The van der Waals surface area contributed by atoms with Gasteiger partial charge in [-0.25, -0.2) is 0 Å². The van der Waals surface area contributed by atoms with E-state index in [4.69, 9.17) is 9.15 Å². The smallest absolute Gasteiger partial charge is 0.277 e. The van der Waals surface area contributed by atoms with Crippen molar-refractivity contribution >= 4 is 29.0 Å². The minimum absolute atomic E-state index is 0.0429. The van der Waals surface area contributed by atoms with Crippen molar-refractivity contribution in [1.29, 1.82) is 0 Å². The summed E-state index contributed by atoms with van der Waals surface area (Å²) in [4.78, 5) is 22.1. The normalized spacial score (nSPS) is 10.5. The van der Waals surface area contributed by atoms with Gasteiger partial charge >= 0.3 is 0 Å². The molecule has 144 valence electrons. The van der Waals surface area contributed by atoms with Gasteiger partial charge in [0.25, 0.3) is 16.8 Å². The van der Waals surface area contributed by atoms with Crippen LogP contribution in [0.1, 0.15) is 11.5 Å². The lowest BCUT2D eigenvalue weighted by Crippen LogP contribution is -2.13. The maximum absolute atomic E-state index is 12.0. The van der Waals surface area contributed by atoms with Crippen LogP contribution in [-0.2, 0) is 11.4 Å². The van der Waals surface area contributed by atoms with E-state index in [2.05, 4.69) is 15.5 Å². The molecule has 1 N–H and O–H groups in total. The van der Waals surface area contributed by atoms with E-state index in [0.29, 0.717) is 17.3 Å². The number of aromatic nitrogens is 2. The van der Waals surface area contributed by atoms with Crippen molar-refractivity contribution in [2.24, 2.45) is 0 Å². The number of benzene rings is 2. The Morgan fingerprint density at radius 1 is 1.18 bits per heavy atom. The van der Waals surface area contributed by atoms with Gasteiger partial charge in [0.2, 0.25) is 5.91 Å². The lowest BCUT2D eigenvalue weighted by atomic mass is 10.2. The standard InChI is InChI=1S/C18H16N4O5S/c1-12-2-8-15(9-3-12)26-10-17-20-21-18(27-17)28-11-16(23)19-13-4-6-14(7-5-13)22(24)25/h2-9H,10-11H2,1H3,(H,19,23). The van der Waals surface area contributed by atoms with Crippen molar-refractivity contribution in [1.82, 2.24) is 10.2 Å². The van der Waals surface area contributed by atoms with Crippen LogP contribution in [0.15, 0.2) is 58.2 Å². The van der Waals surface area contributed by atoms with E-state index in [9.17, 15) is 14.9 Å². The number of hydrogen-bond donors (Lipinski definition) is 1. The highest BCUT2D eigenvalue weighted by Crippen LogP contribution is 2.19. The fourth-order valence-electron chi connectivity index (χ4n) is 2.13. The van der Waals surface area contributed by atoms with E-state index in [-0.39, 0.29) is 29.2 Å². The van der Waals surface area contributed by atoms with Gasteiger partial charge in [-0.3, -0.25) is 14.9 Å². The largest absolute Gasteiger partial charge is 0.484 e. The van der Waals surface area contributed by atoms with Crippen molar-refractivity contribution in [3.63, 3.8) is 0 Å². The predicted molar refractivity (Wildman–Crippen MR) is 102 cm³/mol. The molecule has 3 aromatic rings. The van der Waals surface area contributed by atoms with Gasteiger partial charge in [0.1, 0.15) is 5.75 Å². The number of ether oxygens (including phenoxy) is 1. The molecule has 0 saturated heterocycles. The minimum Gasteiger partial charge on any atom is -0.484 e. The van der Waals surface area contributed by atoms with E-state index >= 15 is 0 Å². The van der Waals surface area contributed by atoms with Crippen molar-refractivity contribution in [3.8, 4) is 5.75 Å². The lowest BCUT2D eigenvalue weighted by Gasteiger charge is -2.03. The van der Waals surface area contributed by atoms with Crippen LogP contribution >= 0.6 is 11.8 Å². The van der Waals surface area contributed by atoms with Crippen LogP contribution in [0.4, 0.5) is 11.4 Å². The van der Waals surface area contributed by atoms with Crippen molar-refractivity contribution in [3.05, 3.63) is 70.1 Å². The summed E-state index contributed by atoms with van der Waals surface area (Å²) in [6, 6.07) is 13.2. The van der Waals surface area contributed by atoms with Crippen LogP contribution in [0, 0.1) is 17.0 Å². The number of carbonyl (C=O) groups is 1. The number of amides is 1. The zero-order valence-corrected chi connectivity index (χ0v) is 15.6. The van der Waals surface area contributed by atoms with Gasteiger partial charge in [-0.2, -0.15) is 0 Å². The van der Waals surface area contributed by atoms with Gasteiger partial charge in [-0.05, 0) is 31.2 Å². The van der Waals surface area contributed by atoms with Gasteiger partial charge in [0.15, 0.2) is 6.61 Å². The van der Waals surface area contributed by atoms with E-state index in [1.54, 1.807) is 0 Å². The first kappa shape index (κ1) is 19.4. The molecular weight excluding hydrogens is 384 g/mol. The van der Waals surface area contributed by atoms with Crippen LogP contribution < -0.4 is 10.1 Å². The molecule has 0 saturated carbocycles. The molecule has 0 unspecified atom stereocenters. The van der Waals surface area contributed by atoms with Crippen LogP contribution in [0.5, 0.6) is 5.75 Å². The van der Waals surface area contributed by atoms with E-state index in [1.807, 2.05) is 31.2 Å². The zero-order valence-electron chi connectivity index (χ0n) is 14.8. The van der Waals surface area contributed by atoms with Crippen LogP contribution in [0.2, 0.25) is 0 Å². The molecular formula is C18H16N4O5S. The second-order valence-corrected chi connectivity index (χ2v) is 6.63. The molecule has 0 aliphatic heterocycles. The lowest BCUT2D eigenvalue weighted by molar-refractivity contribution is -0.384. The number of hydrogen-bond acceptors (Lipinski definition) is 8. The Hall–Kier alpha value is -3.40. The number of anilines is 1. The molecule has 0 fully saturated rings. The molecule has 1 amide bonds. The molecule has 0 aliphatic rings. The summed E-state index contributed by atoms with van der Waals surface area (Å²) in [5, 5.41) is 21.3. The molecule has 28 heavy (non-hydrogen) atoms. The van der Waals surface area contributed by atoms with Crippen LogP contribution in [-0.4, -0.2) is 26.8 Å². The van der Waals surface area contributed by atoms with Crippen molar-refractivity contribution in [2.45, 2.75) is 18.8 Å². The highest BCUT2D eigenvalue weighted by Gasteiger charge is 2.11. The average Bonchev–Trinajstić information content (AvgIpc) is 3.14. The Bertz CT molecular complexity index is 957. The van der Waals surface area contributed by atoms with Gasteiger partial charge in [-0.15, -0.1) is 10.2 Å². The minimum atomic E-state index is -0.503. The molecule has 1 heterocycles. The molecule has 2 aromatic carbocycles. The average molecular weight is 400 g/mol. The highest BCUT2D eigenvalue weighted by molar-refractivity contribution is 7.99. The quantitative estimate of drug-likeness (QED) is 0.346. The topological polar surface area (TPSA) is 120 Å². The van der Waals surface area contributed by atoms with Crippen molar-refractivity contribution in [2.75, 3.05) is 11.1 Å². The second-order valence-electron chi connectivity index (χ2n) is 5.70. The molecule has 0 aliphatic carbocycles. The molecule has 3 rings (SSSR count). The Balaban J connectivity index is 1.45. The van der Waals surface area contributed by atoms with E-state index < -0.39 is 4.92 Å². The third kappa shape index (κ3) is 5.55. The van der Waals surface area contributed by atoms with Gasteiger partial charge < -0.3 is 14.5 Å². The number of rotatable bonds is 8. The first-order chi connectivity index (χ1) is 13.5. The number of carbonyl (C=O) groups excluding carboxylic acids is 1. The number of nitrogens with zero attached hydrogens (tertiary/aromatic N) is 3. The SMILES string of the molecule is Cc1ccc(OCc2nnc(SCC(=O)Nc3ccc([N+](=O)[O-])cc3)o2)cc1.